The van der Waals surface area contributed by atoms with Crippen LogP contribution in [0.3, 0.4) is 0 Å². The number of amides is 1. The molecule has 17 heavy (non-hydrogen) atoms. The second-order valence-electron chi connectivity index (χ2n) is 3.42. The molecule has 1 N–H and O–H groups in total. The van der Waals surface area contributed by atoms with Crippen molar-refractivity contribution in [3.8, 4) is 0 Å². The third kappa shape index (κ3) is 3.57. The van der Waals surface area contributed by atoms with Gasteiger partial charge in [-0.2, -0.15) is 0 Å². The third-order valence-corrected chi connectivity index (χ3v) is 2.85. The van der Waals surface area contributed by atoms with E-state index in [2.05, 4.69) is 10.3 Å². The van der Waals surface area contributed by atoms with E-state index in [1.165, 1.54) is 6.08 Å². The maximum atomic E-state index is 11.5. The predicted octanol–water partition coefficient (Wildman–Crippen LogP) is 2.37. The van der Waals surface area contributed by atoms with Crippen LogP contribution in [0.5, 0.6) is 0 Å². The quantitative estimate of drug-likeness (QED) is 0.845. The lowest BCUT2D eigenvalue weighted by molar-refractivity contribution is -0.116. The van der Waals surface area contributed by atoms with Crippen molar-refractivity contribution in [1.29, 1.82) is 0 Å². The highest BCUT2D eigenvalue weighted by atomic mass is 32.1. The Morgan fingerprint density at radius 1 is 1.65 bits per heavy atom. The highest BCUT2D eigenvalue weighted by Gasteiger charge is 1.99. The number of furan rings is 1. The summed E-state index contributed by atoms with van der Waals surface area (Å²) in [6.45, 7) is 2.32. The lowest BCUT2D eigenvalue weighted by Crippen LogP contribution is -2.19. The van der Waals surface area contributed by atoms with E-state index in [9.17, 15) is 4.79 Å². The molecule has 0 aliphatic rings. The van der Waals surface area contributed by atoms with Gasteiger partial charge in [-0.1, -0.05) is 0 Å². The summed E-state index contributed by atoms with van der Waals surface area (Å²) >= 11 is 1.56. The zero-order chi connectivity index (χ0) is 12.1. The van der Waals surface area contributed by atoms with Crippen LogP contribution in [-0.4, -0.2) is 10.9 Å². The molecule has 2 aromatic heterocycles. The van der Waals surface area contributed by atoms with Gasteiger partial charge in [0.2, 0.25) is 5.91 Å². The molecule has 0 aromatic carbocycles. The van der Waals surface area contributed by atoms with Gasteiger partial charge in [-0.25, -0.2) is 4.98 Å². The lowest BCUT2D eigenvalue weighted by atomic mass is 10.4. The molecule has 4 nitrogen and oxygen atoms in total. The van der Waals surface area contributed by atoms with Crippen LogP contribution >= 0.6 is 11.3 Å². The van der Waals surface area contributed by atoms with Gasteiger partial charge in [0.25, 0.3) is 0 Å². The average Bonchev–Trinajstić information content (AvgIpc) is 2.95. The Morgan fingerprint density at radius 3 is 3.18 bits per heavy atom. The number of aryl methyl sites for hydroxylation is 1. The normalized spacial score (nSPS) is 10.9. The number of aromatic nitrogens is 1. The topological polar surface area (TPSA) is 55.1 Å². The SMILES string of the molecule is Cc1nc(/C=C/C(=O)NCc2ccco2)cs1. The number of hydrogen-bond acceptors (Lipinski definition) is 4. The maximum Gasteiger partial charge on any atom is 0.244 e. The first-order chi connectivity index (χ1) is 8.24. The largest absolute Gasteiger partial charge is 0.467 e. The Labute approximate surface area is 103 Å². The van der Waals surface area contributed by atoms with Crippen LogP contribution < -0.4 is 5.32 Å². The van der Waals surface area contributed by atoms with Crippen molar-refractivity contribution in [2.75, 3.05) is 0 Å². The van der Waals surface area contributed by atoms with E-state index in [4.69, 9.17) is 4.42 Å². The van der Waals surface area contributed by atoms with E-state index in [1.54, 1.807) is 29.7 Å². The number of rotatable bonds is 4. The zero-order valence-corrected chi connectivity index (χ0v) is 10.2. The Balaban J connectivity index is 1.83. The highest BCUT2D eigenvalue weighted by Crippen LogP contribution is 2.09. The lowest BCUT2D eigenvalue weighted by Gasteiger charge is -1.97. The van der Waals surface area contributed by atoms with E-state index in [-0.39, 0.29) is 5.91 Å². The molecular weight excluding hydrogens is 236 g/mol. The van der Waals surface area contributed by atoms with E-state index >= 15 is 0 Å². The van der Waals surface area contributed by atoms with Crippen molar-refractivity contribution in [1.82, 2.24) is 10.3 Å². The molecule has 2 aromatic rings. The number of carbonyl (C=O) groups excluding carboxylic acids is 1. The number of nitrogens with one attached hydrogen (secondary N) is 1. The van der Waals surface area contributed by atoms with Gasteiger partial charge in [0, 0.05) is 11.5 Å². The zero-order valence-electron chi connectivity index (χ0n) is 9.34. The van der Waals surface area contributed by atoms with Gasteiger partial charge < -0.3 is 9.73 Å². The van der Waals surface area contributed by atoms with Gasteiger partial charge >= 0.3 is 0 Å². The molecule has 0 atom stereocenters. The van der Waals surface area contributed by atoms with Crippen molar-refractivity contribution >= 4 is 23.3 Å². The van der Waals surface area contributed by atoms with Crippen LogP contribution in [0, 0.1) is 6.92 Å². The summed E-state index contributed by atoms with van der Waals surface area (Å²) in [6, 6.07) is 3.60. The van der Waals surface area contributed by atoms with Gasteiger partial charge in [-0.05, 0) is 25.1 Å². The summed E-state index contributed by atoms with van der Waals surface area (Å²) < 4.78 is 5.10. The molecule has 0 saturated carbocycles. The second kappa shape index (κ2) is 5.45. The molecule has 0 aliphatic carbocycles. The predicted molar refractivity (Wildman–Crippen MR) is 66.4 cm³/mol. The van der Waals surface area contributed by atoms with E-state index < -0.39 is 0 Å². The molecule has 0 unspecified atom stereocenters. The number of hydrogen-bond donors (Lipinski definition) is 1. The third-order valence-electron chi connectivity index (χ3n) is 2.06. The molecular formula is C12H12N2O2S. The summed E-state index contributed by atoms with van der Waals surface area (Å²) in [7, 11) is 0. The van der Waals surface area contributed by atoms with Crippen molar-refractivity contribution in [2.45, 2.75) is 13.5 Å². The first kappa shape index (κ1) is 11.6. The summed E-state index contributed by atoms with van der Waals surface area (Å²) in [6.07, 6.45) is 4.74. The van der Waals surface area contributed by atoms with Crippen LogP contribution in [0.25, 0.3) is 6.08 Å². The molecule has 5 heteroatoms. The fourth-order valence-corrected chi connectivity index (χ4v) is 1.84. The molecule has 0 spiro atoms. The monoisotopic (exact) mass is 248 g/mol. The highest BCUT2D eigenvalue weighted by molar-refractivity contribution is 7.09. The average molecular weight is 248 g/mol. The summed E-state index contributed by atoms with van der Waals surface area (Å²) in [4.78, 5) is 15.7. The molecule has 0 radical (unpaired) electrons. The van der Waals surface area contributed by atoms with Gasteiger partial charge in [-0.15, -0.1) is 11.3 Å². The molecule has 0 fully saturated rings. The van der Waals surface area contributed by atoms with E-state index in [0.29, 0.717) is 6.54 Å². The number of carbonyl (C=O) groups is 1. The standard InChI is InChI=1S/C12H12N2O2S/c1-9-14-10(8-17-9)4-5-12(15)13-7-11-3-2-6-16-11/h2-6,8H,7H2,1H3,(H,13,15)/b5-4+. The Morgan fingerprint density at radius 2 is 2.53 bits per heavy atom. The maximum absolute atomic E-state index is 11.5. The molecule has 1 amide bonds. The Hall–Kier alpha value is -1.88. The van der Waals surface area contributed by atoms with Crippen LogP contribution in [0.1, 0.15) is 16.5 Å². The molecule has 2 rings (SSSR count). The molecule has 0 aliphatic heterocycles. The van der Waals surface area contributed by atoms with E-state index in [0.717, 1.165) is 16.5 Å². The minimum Gasteiger partial charge on any atom is -0.467 e. The van der Waals surface area contributed by atoms with Crippen molar-refractivity contribution in [3.63, 3.8) is 0 Å². The first-order valence-electron chi connectivity index (χ1n) is 5.14. The van der Waals surface area contributed by atoms with Crippen LogP contribution in [0.2, 0.25) is 0 Å². The van der Waals surface area contributed by atoms with Crippen LogP contribution in [0.4, 0.5) is 0 Å². The first-order valence-corrected chi connectivity index (χ1v) is 6.02. The van der Waals surface area contributed by atoms with Gasteiger partial charge in [-0.3, -0.25) is 4.79 Å². The minimum atomic E-state index is -0.160. The minimum absolute atomic E-state index is 0.160. The van der Waals surface area contributed by atoms with Crippen LogP contribution in [0.15, 0.2) is 34.3 Å². The van der Waals surface area contributed by atoms with Crippen LogP contribution in [-0.2, 0) is 11.3 Å². The number of thiazole rings is 1. The molecule has 0 bridgehead atoms. The number of nitrogens with zero attached hydrogens (tertiary/aromatic N) is 1. The summed E-state index contributed by atoms with van der Waals surface area (Å²) in [5, 5.41) is 5.61. The second-order valence-corrected chi connectivity index (χ2v) is 4.48. The molecule has 2 heterocycles. The molecule has 88 valence electrons. The van der Waals surface area contributed by atoms with E-state index in [1.807, 2.05) is 18.4 Å². The Kier molecular flexibility index (Phi) is 3.72. The van der Waals surface area contributed by atoms with Gasteiger partial charge in [0.05, 0.1) is 23.5 Å². The summed E-state index contributed by atoms with van der Waals surface area (Å²) in [5.41, 5.74) is 0.806. The van der Waals surface area contributed by atoms with Crippen molar-refractivity contribution in [2.24, 2.45) is 0 Å². The summed E-state index contributed by atoms with van der Waals surface area (Å²) in [5.74, 6) is 0.573. The Bertz CT molecular complexity index is 514. The fourth-order valence-electron chi connectivity index (χ4n) is 1.26. The fraction of sp³-hybridized carbons (Fsp3) is 0.167. The van der Waals surface area contributed by atoms with Gasteiger partial charge in [0.15, 0.2) is 0 Å². The molecule has 0 saturated heterocycles. The van der Waals surface area contributed by atoms with Crippen molar-refractivity contribution in [3.05, 3.63) is 46.3 Å². The van der Waals surface area contributed by atoms with Gasteiger partial charge in [0.1, 0.15) is 5.76 Å². The van der Waals surface area contributed by atoms with Crippen molar-refractivity contribution < 1.29 is 9.21 Å². The smallest absolute Gasteiger partial charge is 0.244 e.